The number of methoxy groups -OCH3 is 1. The van der Waals surface area contributed by atoms with E-state index < -0.39 is 29.2 Å². The maximum absolute atomic E-state index is 14.5. The zero-order chi connectivity index (χ0) is 29.7. The van der Waals surface area contributed by atoms with Gasteiger partial charge in [-0.1, -0.05) is 11.3 Å². The van der Waals surface area contributed by atoms with E-state index in [1.165, 1.54) is 63.3 Å². The predicted molar refractivity (Wildman–Crippen MR) is 151 cm³/mol. The Labute approximate surface area is 242 Å². The van der Waals surface area contributed by atoms with E-state index in [9.17, 15) is 23.6 Å². The molecule has 1 amide bonds. The van der Waals surface area contributed by atoms with E-state index in [4.69, 9.17) is 9.47 Å². The van der Waals surface area contributed by atoms with Crippen LogP contribution in [0.4, 0.5) is 4.39 Å². The molecule has 2 fully saturated rings. The van der Waals surface area contributed by atoms with E-state index in [0.717, 1.165) is 4.57 Å². The lowest BCUT2D eigenvalue weighted by atomic mass is 9.85. The summed E-state index contributed by atoms with van der Waals surface area (Å²) >= 11 is 1.17. The van der Waals surface area contributed by atoms with Crippen LogP contribution in [0.1, 0.15) is 42.5 Å². The van der Waals surface area contributed by atoms with Gasteiger partial charge in [0, 0.05) is 37.6 Å². The van der Waals surface area contributed by atoms with E-state index in [1.807, 2.05) is 0 Å². The number of aryl methyl sites for hydroxylation is 1. The van der Waals surface area contributed by atoms with Crippen LogP contribution in [-0.4, -0.2) is 68.0 Å². The highest BCUT2D eigenvalue weighted by Crippen LogP contribution is 2.35. The summed E-state index contributed by atoms with van der Waals surface area (Å²) in [5, 5.41) is 9.22. The first kappa shape index (κ1) is 28.0. The second-order valence-corrected chi connectivity index (χ2v) is 11.7. The third kappa shape index (κ3) is 4.73. The molecule has 1 saturated carbocycles. The smallest absolute Gasteiger partial charge is 0.332 e. The molecule has 0 radical (unpaired) electrons. The van der Waals surface area contributed by atoms with Crippen molar-refractivity contribution >= 4 is 33.2 Å². The molecule has 3 aromatic heterocycles. The summed E-state index contributed by atoms with van der Waals surface area (Å²) in [7, 11) is 3.09. The molecule has 2 atom stereocenters. The first-order chi connectivity index (χ1) is 20.2. The molecule has 1 aromatic carbocycles. The van der Waals surface area contributed by atoms with Crippen LogP contribution in [0.2, 0.25) is 0 Å². The van der Waals surface area contributed by atoms with Crippen molar-refractivity contribution in [1.29, 1.82) is 0 Å². The molecule has 42 heavy (non-hydrogen) atoms. The Bertz CT molecular complexity index is 1800. The van der Waals surface area contributed by atoms with Gasteiger partial charge in [-0.3, -0.25) is 19.0 Å². The number of hydrogen-bond acceptors (Lipinski definition) is 9. The fraction of sp³-hybridized carbons (Fsp3) is 0.429. The number of ether oxygens (including phenoxy) is 2. The number of aromatic nitrogens is 5. The molecule has 0 bridgehead atoms. The SMILES string of the molecule is COc1ccc(F)cc1[C@H](Cn1c(=O)n([C@@H]2CCN(C)C2=O)c(=O)c2c(C)c(-n3nccn3)sc21)OCC1CC(=O)C1. The van der Waals surface area contributed by atoms with Crippen LogP contribution in [0.5, 0.6) is 5.75 Å². The number of rotatable bonds is 9. The summed E-state index contributed by atoms with van der Waals surface area (Å²) in [6, 6.07) is 3.09. The minimum absolute atomic E-state index is 0.0124. The van der Waals surface area contributed by atoms with E-state index in [0.29, 0.717) is 52.5 Å². The molecule has 4 aromatic rings. The fourth-order valence-electron chi connectivity index (χ4n) is 5.66. The van der Waals surface area contributed by atoms with Crippen molar-refractivity contribution in [2.45, 2.75) is 44.9 Å². The van der Waals surface area contributed by atoms with Gasteiger partial charge in [0.15, 0.2) is 0 Å². The van der Waals surface area contributed by atoms with Crippen molar-refractivity contribution in [3.63, 3.8) is 0 Å². The van der Waals surface area contributed by atoms with Crippen LogP contribution < -0.4 is 16.0 Å². The van der Waals surface area contributed by atoms with E-state index in [1.54, 1.807) is 14.0 Å². The number of carbonyl (C=O) groups is 2. The molecule has 1 saturated heterocycles. The molecule has 220 valence electrons. The number of nitrogens with zero attached hydrogens (tertiary/aromatic N) is 6. The lowest BCUT2D eigenvalue weighted by Crippen LogP contribution is -2.45. The first-order valence-electron chi connectivity index (χ1n) is 13.5. The quantitative estimate of drug-likeness (QED) is 0.288. The van der Waals surface area contributed by atoms with Crippen LogP contribution in [-0.2, 0) is 20.9 Å². The Morgan fingerprint density at radius 1 is 1.14 bits per heavy atom. The molecular weight excluding hydrogens is 567 g/mol. The number of hydrogen-bond donors (Lipinski definition) is 0. The Morgan fingerprint density at radius 3 is 2.52 bits per heavy atom. The minimum atomic E-state index is -0.958. The largest absolute Gasteiger partial charge is 0.496 e. The molecule has 1 aliphatic carbocycles. The Morgan fingerprint density at radius 2 is 1.88 bits per heavy atom. The number of likely N-dealkylation sites (tertiary alicyclic amines) is 1. The zero-order valence-electron chi connectivity index (χ0n) is 23.3. The van der Waals surface area contributed by atoms with Gasteiger partial charge in [0.1, 0.15) is 39.3 Å². The summed E-state index contributed by atoms with van der Waals surface area (Å²) in [4.78, 5) is 56.0. The van der Waals surface area contributed by atoms with Crippen LogP contribution >= 0.6 is 11.3 Å². The van der Waals surface area contributed by atoms with Gasteiger partial charge < -0.3 is 14.4 Å². The molecule has 6 rings (SSSR count). The minimum Gasteiger partial charge on any atom is -0.496 e. The molecular formula is C28H29FN6O6S. The number of likely N-dealkylation sites (N-methyl/N-ethyl adjacent to an activating group) is 1. The number of fused-ring (bicyclic) bond motifs is 1. The molecule has 4 heterocycles. The normalized spacial score (nSPS) is 18.2. The lowest BCUT2D eigenvalue weighted by molar-refractivity contribution is -0.130. The molecule has 12 nitrogen and oxygen atoms in total. The second kappa shape index (κ2) is 10.9. The van der Waals surface area contributed by atoms with Crippen molar-refractivity contribution < 1.29 is 23.5 Å². The molecule has 0 spiro atoms. The van der Waals surface area contributed by atoms with Crippen molar-refractivity contribution in [3.8, 4) is 10.8 Å². The van der Waals surface area contributed by atoms with Crippen LogP contribution in [0.15, 0.2) is 40.2 Å². The van der Waals surface area contributed by atoms with Crippen LogP contribution in [0.25, 0.3) is 15.2 Å². The maximum Gasteiger partial charge on any atom is 0.332 e. The summed E-state index contributed by atoms with van der Waals surface area (Å²) in [5.74, 6) is -0.317. The number of Topliss-reactive ketones (excluding diaryl/α,β-unsaturated/α-hetero) is 1. The average molecular weight is 597 g/mol. The molecule has 2 aliphatic rings. The number of amides is 1. The number of thiophene rings is 1. The standard InChI is InChI=1S/C28H29FN6O6S/c1-15-23-25(38)34(20-6-9-32(2)24(20)37)28(39)33(27(23)42-26(15)35-30-7-8-31-35)13-22(41-14-16-10-18(36)11-16)19-12-17(29)4-5-21(19)40-3/h4-5,7-8,12,16,20,22H,6,9-11,13-14H2,1-3H3/t20-,22+/m1/s1. The summed E-state index contributed by atoms with van der Waals surface area (Å²) < 4.78 is 28.8. The third-order valence-corrected chi connectivity index (χ3v) is 9.26. The van der Waals surface area contributed by atoms with E-state index >= 15 is 0 Å². The first-order valence-corrected chi connectivity index (χ1v) is 14.4. The van der Waals surface area contributed by atoms with Gasteiger partial charge in [0.25, 0.3) is 5.56 Å². The van der Waals surface area contributed by atoms with Gasteiger partial charge in [-0.05, 0) is 37.5 Å². The highest BCUT2D eigenvalue weighted by atomic mass is 32.1. The highest BCUT2D eigenvalue weighted by Gasteiger charge is 2.36. The van der Waals surface area contributed by atoms with Crippen molar-refractivity contribution in [3.05, 3.63) is 68.4 Å². The highest BCUT2D eigenvalue weighted by molar-refractivity contribution is 7.21. The van der Waals surface area contributed by atoms with Gasteiger partial charge >= 0.3 is 5.69 Å². The summed E-state index contributed by atoms with van der Waals surface area (Å²) in [6.45, 7) is 2.26. The van der Waals surface area contributed by atoms with E-state index in [2.05, 4.69) is 10.2 Å². The van der Waals surface area contributed by atoms with Crippen molar-refractivity contribution in [1.82, 2.24) is 29.0 Å². The van der Waals surface area contributed by atoms with Crippen molar-refractivity contribution in [2.75, 3.05) is 27.3 Å². The molecule has 0 unspecified atom stereocenters. The van der Waals surface area contributed by atoms with Crippen molar-refractivity contribution in [2.24, 2.45) is 5.92 Å². The molecule has 14 heteroatoms. The number of halogens is 1. The number of carbonyl (C=O) groups excluding carboxylic acids is 2. The maximum atomic E-state index is 14.5. The Balaban J connectivity index is 1.54. The monoisotopic (exact) mass is 596 g/mol. The van der Waals surface area contributed by atoms with E-state index in [-0.39, 0.29) is 36.1 Å². The average Bonchev–Trinajstić information content (AvgIpc) is 3.68. The number of benzene rings is 1. The fourth-order valence-corrected chi connectivity index (χ4v) is 6.88. The van der Waals surface area contributed by atoms with Gasteiger partial charge in [0.05, 0.1) is 38.0 Å². The number of ketones is 1. The summed E-state index contributed by atoms with van der Waals surface area (Å²) in [6.07, 6.45) is 3.23. The van der Waals surface area contributed by atoms with Crippen LogP contribution in [0.3, 0.4) is 0 Å². The lowest BCUT2D eigenvalue weighted by Gasteiger charge is -2.28. The van der Waals surface area contributed by atoms with Gasteiger partial charge in [0.2, 0.25) is 5.91 Å². The zero-order valence-corrected chi connectivity index (χ0v) is 24.1. The second-order valence-electron chi connectivity index (χ2n) is 10.7. The topological polar surface area (TPSA) is 131 Å². The predicted octanol–water partition coefficient (Wildman–Crippen LogP) is 2.40. The Hall–Kier alpha value is -4.17. The molecule has 1 aliphatic heterocycles. The molecule has 0 N–H and O–H groups in total. The van der Waals surface area contributed by atoms with Gasteiger partial charge in [-0.2, -0.15) is 10.2 Å². The Kier molecular flexibility index (Phi) is 7.27. The van der Waals surface area contributed by atoms with Crippen LogP contribution in [0, 0.1) is 18.7 Å². The summed E-state index contributed by atoms with van der Waals surface area (Å²) in [5.41, 5.74) is -0.308. The third-order valence-electron chi connectivity index (χ3n) is 7.98. The van der Waals surface area contributed by atoms with Gasteiger partial charge in [-0.25, -0.2) is 13.8 Å². The van der Waals surface area contributed by atoms with Gasteiger partial charge in [-0.15, -0.1) is 4.80 Å².